The van der Waals surface area contributed by atoms with Crippen LogP contribution in [0.5, 0.6) is 0 Å². The molecule has 0 spiro atoms. The molecule has 0 saturated heterocycles. The SMILES string of the molecule is COCO[C@H](CCCCCS(=O)(=O)c1ccccc1)CO[Si](c1ccccc1)(c1ccccc1)C(C)(C)C. The summed E-state index contributed by atoms with van der Waals surface area (Å²) < 4.78 is 43.5. The third kappa shape index (κ3) is 7.87. The molecule has 3 aromatic carbocycles. The molecular weight excluding hydrogens is 512 g/mol. The lowest BCUT2D eigenvalue weighted by molar-refractivity contribution is -0.0876. The molecule has 3 rings (SSSR count). The van der Waals surface area contributed by atoms with Crippen molar-refractivity contribution in [1.29, 1.82) is 0 Å². The highest BCUT2D eigenvalue weighted by molar-refractivity contribution is 7.91. The lowest BCUT2D eigenvalue weighted by Gasteiger charge is -2.43. The van der Waals surface area contributed by atoms with Crippen LogP contribution in [-0.4, -0.2) is 49.1 Å². The highest BCUT2D eigenvalue weighted by Crippen LogP contribution is 2.37. The number of benzene rings is 3. The van der Waals surface area contributed by atoms with E-state index in [1.54, 1.807) is 31.4 Å². The molecule has 0 fully saturated rings. The van der Waals surface area contributed by atoms with E-state index in [0.29, 0.717) is 17.9 Å². The van der Waals surface area contributed by atoms with Gasteiger partial charge in [-0.1, -0.05) is 112 Å². The summed E-state index contributed by atoms with van der Waals surface area (Å²) in [5.41, 5.74) is 0. The monoisotopic (exact) mass is 554 g/mol. The van der Waals surface area contributed by atoms with Gasteiger partial charge in [0.05, 0.1) is 23.4 Å². The highest BCUT2D eigenvalue weighted by Gasteiger charge is 2.50. The third-order valence-electron chi connectivity index (χ3n) is 6.87. The van der Waals surface area contributed by atoms with Gasteiger partial charge in [-0.2, -0.15) is 0 Å². The number of sulfone groups is 1. The van der Waals surface area contributed by atoms with Crippen LogP contribution in [0.2, 0.25) is 5.04 Å². The van der Waals surface area contributed by atoms with Crippen molar-refractivity contribution in [3.63, 3.8) is 0 Å². The molecule has 7 heteroatoms. The quantitative estimate of drug-likeness (QED) is 0.139. The lowest BCUT2D eigenvalue weighted by atomic mass is 10.1. The van der Waals surface area contributed by atoms with Crippen LogP contribution in [-0.2, 0) is 23.7 Å². The Balaban J connectivity index is 1.70. The van der Waals surface area contributed by atoms with Gasteiger partial charge in [-0.25, -0.2) is 8.42 Å². The summed E-state index contributed by atoms with van der Waals surface area (Å²) in [5, 5.41) is 2.35. The van der Waals surface area contributed by atoms with Crippen LogP contribution < -0.4 is 10.4 Å². The van der Waals surface area contributed by atoms with E-state index in [0.717, 1.165) is 19.3 Å². The molecular formula is C31H42O5SSi. The Bertz CT molecular complexity index is 1140. The van der Waals surface area contributed by atoms with Crippen molar-refractivity contribution < 1.29 is 22.3 Å². The Morgan fingerprint density at radius 3 is 1.79 bits per heavy atom. The van der Waals surface area contributed by atoms with E-state index in [1.807, 2.05) is 18.2 Å². The molecule has 3 aromatic rings. The maximum absolute atomic E-state index is 12.6. The zero-order valence-corrected chi connectivity index (χ0v) is 25.0. The van der Waals surface area contributed by atoms with Gasteiger partial charge in [0.15, 0.2) is 9.84 Å². The maximum Gasteiger partial charge on any atom is 0.261 e. The zero-order valence-electron chi connectivity index (χ0n) is 23.1. The predicted molar refractivity (Wildman–Crippen MR) is 157 cm³/mol. The summed E-state index contributed by atoms with van der Waals surface area (Å²) in [4.78, 5) is 0.389. The molecule has 0 N–H and O–H groups in total. The molecule has 0 saturated carbocycles. The van der Waals surface area contributed by atoms with Crippen LogP contribution in [0.15, 0.2) is 95.9 Å². The van der Waals surface area contributed by atoms with Gasteiger partial charge in [0.25, 0.3) is 8.32 Å². The summed E-state index contributed by atoms with van der Waals surface area (Å²) in [6, 6.07) is 29.8. The molecule has 0 radical (unpaired) electrons. The highest BCUT2D eigenvalue weighted by atomic mass is 32.2. The molecule has 0 amide bonds. The van der Waals surface area contributed by atoms with Crippen LogP contribution in [0.3, 0.4) is 0 Å². The predicted octanol–water partition coefficient (Wildman–Crippen LogP) is 5.59. The number of ether oxygens (including phenoxy) is 2. The second-order valence-electron chi connectivity index (χ2n) is 10.7. The standard InChI is InChI=1S/C31H42O5SSi/c1-31(2,3)38(29-20-12-6-13-21-29,30-22-14-7-15-23-30)36-25-27(35-26-34-4)17-9-8-16-24-37(32,33)28-18-10-5-11-19-28/h5-7,10-15,18-23,27H,8-9,16-17,24-26H2,1-4H3/t27-/m1/s1. The fourth-order valence-electron chi connectivity index (χ4n) is 4.95. The summed E-state index contributed by atoms with van der Waals surface area (Å²) in [6.07, 6.45) is 2.89. The van der Waals surface area contributed by atoms with E-state index in [-0.39, 0.29) is 23.7 Å². The molecule has 206 valence electrons. The Labute approximate surface area is 230 Å². The van der Waals surface area contributed by atoms with Crippen molar-refractivity contribution in [2.75, 3.05) is 26.3 Å². The van der Waals surface area contributed by atoms with Crippen LogP contribution in [0, 0.1) is 0 Å². The van der Waals surface area contributed by atoms with Gasteiger partial charge in [0, 0.05) is 7.11 Å². The van der Waals surface area contributed by atoms with E-state index in [4.69, 9.17) is 13.9 Å². The summed E-state index contributed by atoms with van der Waals surface area (Å²) in [5.74, 6) is 0.152. The molecule has 1 atom stereocenters. The van der Waals surface area contributed by atoms with E-state index >= 15 is 0 Å². The largest absolute Gasteiger partial charge is 0.405 e. The summed E-state index contributed by atoms with van der Waals surface area (Å²) in [7, 11) is -4.30. The normalized spacial score (nSPS) is 13.4. The van der Waals surface area contributed by atoms with E-state index < -0.39 is 18.2 Å². The average molecular weight is 555 g/mol. The first-order valence-corrected chi connectivity index (χ1v) is 16.9. The lowest BCUT2D eigenvalue weighted by Crippen LogP contribution is -2.67. The van der Waals surface area contributed by atoms with Crippen molar-refractivity contribution in [3.8, 4) is 0 Å². The topological polar surface area (TPSA) is 61.8 Å². The second-order valence-corrected chi connectivity index (χ2v) is 17.1. The molecule has 5 nitrogen and oxygen atoms in total. The van der Waals surface area contributed by atoms with Crippen molar-refractivity contribution in [2.45, 2.75) is 62.5 Å². The first kappa shape index (κ1) is 30.3. The Hall–Kier alpha value is -2.29. The van der Waals surface area contributed by atoms with Crippen LogP contribution in [0.25, 0.3) is 0 Å². The van der Waals surface area contributed by atoms with Crippen LogP contribution >= 0.6 is 0 Å². The Morgan fingerprint density at radius 1 is 0.763 bits per heavy atom. The molecule has 0 aliphatic rings. The number of unbranched alkanes of at least 4 members (excludes halogenated alkanes) is 2. The van der Waals surface area contributed by atoms with Gasteiger partial charge in [0.1, 0.15) is 6.79 Å². The van der Waals surface area contributed by atoms with Gasteiger partial charge >= 0.3 is 0 Å². The number of hydrogen-bond donors (Lipinski definition) is 0. The van der Waals surface area contributed by atoms with Crippen molar-refractivity contribution in [3.05, 3.63) is 91.0 Å². The number of hydrogen-bond acceptors (Lipinski definition) is 5. The maximum atomic E-state index is 12.6. The summed E-state index contributed by atoms with van der Waals surface area (Å²) in [6.45, 7) is 7.42. The van der Waals surface area contributed by atoms with Crippen LogP contribution in [0.4, 0.5) is 0 Å². The minimum absolute atomic E-state index is 0.118. The van der Waals surface area contributed by atoms with Crippen molar-refractivity contribution >= 4 is 28.5 Å². The van der Waals surface area contributed by atoms with Gasteiger partial charge < -0.3 is 13.9 Å². The molecule has 0 bridgehead atoms. The molecule has 0 aromatic heterocycles. The Kier molecular flexibility index (Phi) is 11.3. The first-order chi connectivity index (χ1) is 18.2. The van der Waals surface area contributed by atoms with Gasteiger partial charge in [0.2, 0.25) is 0 Å². The Morgan fingerprint density at radius 2 is 1.29 bits per heavy atom. The third-order valence-corrected chi connectivity index (χ3v) is 13.7. The average Bonchev–Trinajstić information content (AvgIpc) is 2.92. The fourth-order valence-corrected chi connectivity index (χ4v) is 10.9. The smallest absolute Gasteiger partial charge is 0.261 e. The zero-order chi connectivity index (χ0) is 27.5. The molecule has 0 aliphatic carbocycles. The summed E-state index contributed by atoms with van der Waals surface area (Å²) >= 11 is 0. The first-order valence-electron chi connectivity index (χ1n) is 13.3. The van der Waals surface area contributed by atoms with Gasteiger partial charge in [-0.05, 0) is 40.4 Å². The molecule has 38 heavy (non-hydrogen) atoms. The van der Waals surface area contributed by atoms with Crippen molar-refractivity contribution in [1.82, 2.24) is 0 Å². The molecule has 0 heterocycles. The van der Waals surface area contributed by atoms with Crippen LogP contribution in [0.1, 0.15) is 46.5 Å². The number of methoxy groups -OCH3 is 1. The van der Waals surface area contributed by atoms with E-state index in [2.05, 4.69) is 69.3 Å². The van der Waals surface area contributed by atoms with Gasteiger partial charge in [-0.3, -0.25) is 0 Å². The van der Waals surface area contributed by atoms with Gasteiger partial charge in [-0.15, -0.1) is 0 Å². The van der Waals surface area contributed by atoms with Crippen molar-refractivity contribution in [2.24, 2.45) is 0 Å². The minimum atomic E-state index is -3.25. The number of rotatable bonds is 15. The minimum Gasteiger partial charge on any atom is -0.405 e. The molecule has 0 unspecified atom stereocenters. The molecule has 0 aliphatic heterocycles. The second kappa shape index (κ2) is 14.2. The van der Waals surface area contributed by atoms with E-state index in [9.17, 15) is 8.42 Å². The fraction of sp³-hybridized carbons (Fsp3) is 0.419. The van der Waals surface area contributed by atoms with E-state index in [1.165, 1.54) is 10.4 Å².